The van der Waals surface area contributed by atoms with Gasteiger partial charge in [0, 0.05) is 18.0 Å². The molecule has 0 bridgehead atoms. The number of guanidine groups is 1. The summed E-state index contributed by atoms with van der Waals surface area (Å²) in [4.78, 5) is 8.26. The van der Waals surface area contributed by atoms with Crippen molar-refractivity contribution >= 4 is 17.3 Å². The van der Waals surface area contributed by atoms with E-state index in [9.17, 15) is 0 Å². The van der Waals surface area contributed by atoms with Crippen LogP contribution in [0, 0.1) is 0 Å². The fourth-order valence-electron chi connectivity index (χ4n) is 2.95. The third-order valence-corrected chi connectivity index (χ3v) is 5.42. The Bertz CT molecular complexity index is 753. The molecule has 0 aliphatic carbocycles. The van der Waals surface area contributed by atoms with Gasteiger partial charge in [-0.05, 0) is 50.2 Å². The number of nitrogens with one attached hydrogen (secondary N) is 2. The smallest absolute Gasteiger partial charge is 0.203 e. The van der Waals surface area contributed by atoms with Crippen LogP contribution in [0.15, 0.2) is 34.6 Å². The Kier molecular flexibility index (Phi) is 9.08. The van der Waals surface area contributed by atoms with Gasteiger partial charge in [-0.1, -0.05) is 6.07 Å². The quantitative estimate of drug-likeness (QED) is 0.455. The molecule has 0 saturated heterocycles. The van der Waals surface area contributed by atoms with Gasteiger partial charge in [-0.15, -0.1) is 11.3 Å². The summed E-state index contributed by atoms with van der Waals surface area (Å²) in [6.07, 6.45) is 0. The van der Waals surface area contributed by atoms with Crippen molar-refractivity contribution in [1.29, 1.82) is 0 Å². The van der Waals surface area contributed by atoms with Crippen molar-refractivity contribution in [2.24, 2.45) is 4.99 Å². The van der Waals surface area contributed by atoms with Gasteiger partial charge in [0.15, 0.2) is 17.5 Å². The van der Waals surface area contributed by atoms with Crippen LogP contribution in [0.5, 0.6) is 17.2 Å². The number of ether oxygens (including phenoxy) is 3. The van der Waals surface area contributed by atoms with Gasteiger partial charge in [-0.25, -0.2) is 4.99 Å². The van der Waals surface area contributed by atoms with E-state index in [1.165, 1.54) is 4.88 Å². The maximum absolute atomic E-state index is 5.43. The molecule has 1 aromatic heterocycles. The lowest BCUT2D eigenvalue weighted by atomic mass is 10.2. The summed E-state index contributed by atoms with van der Waals surface area (Å²) in [5.41, 5.74) is 0.971. The van der Waals surface area contributed by atoms with E-state index in [1.54, 1.807) is 32.7 Å². The standard InChI is InChI=1S/C21H32N4O3S/c1-7-22-21(24-14-16(25(2)3)19-9-8-10-29-19)23-13-15-11-17(26-4)20(28-6)18(12-15)27-5/h8-12,16H,7,13-14H2,1-6H3,(H2,22,23,24). The highest BCUT2D eigenvalue weighted by Crippen LogP contribution is 2.38. The van der Waals surface area contributed by atoms with Crippen LogP contribution in [-0.4, -0.2) is 59.4 Å². The third kappa shape index (κ3) is 6.27. The predicted octanol–water partition coefficient (Wildman–Crippen LogP) is 3.13. The molecule has 160 valence electrons. The van der Waals surface area contributed by atoms with Gasteiger partial charge in [-0.2, -0.15) is 0 Å². The van der Waals surface area contributed by atoms with Gasteiger partial charge in [0.25, 0.3) is 0 Å². The fraction of sp³-hybridized carbons (Fsp3) is 0.476. The lowest BCUT2D eigenvalue weighted by Crippen LogP contribution is -2.41. The Hall–Kier alpha value is -2.45. The van der Waals surface area contributed by atoms with Gasteiger partial charge in [0.1, 0.15) is 0 Å². The second-order valence-corrected chi connectivity index (χ2v) is 7.58. The molecule has 1 atom stereocenters. The lowest BCUT2D eigenvalue weighted by Gasteiger charge is -2.24. The Labute approximate surface area is 177 Å². The van der Waals surface area contributed by atoms with Crippen molar-refractivity contribution in [2.45, 2.75) is 19.5 Å². The van der Waals surface area contributed by atoms with Crippen LogP contribution in [0.4, 0.5) is 0 Å². The number of benzene rings is 1. The molecule has 29 heavy (non-hydrogen) atoms. The van der Waals surface area contributed by atoms with E-state index in [-0.39, 0.29) is 6.04 Å². The molecule has 8 heteroatoms. The second kappa shape index (κ2) is 11.5. The van der Waals surface area contributed by atoms with Crippen LogP contribution in [-0.2, 0) is 6.54 Å². The van der Waals surface area contributed by atoms with Crippen molar-refractivity contribution in [2.75, 3.05) is 48.5 Å². The monoisotopic (exact) mass is 420 g/mol. The molecule has 7 nitrogen and oxygen atoms in total. The van der Waals surface area contributed by atoms with Crippen molar-refractivity contribution in [3.05, 3.63) is 40.1 Å². The number of hydrogen-bond acceptors (Lipinski definition) is 6. The number of nitrogens with zero attached hydrogens (tertiary/aromatic N) is 2. The molecule has 1 unspecified atom stereocenters. The summed E-state index contributed by atoms with van der Waals surface area (Å²) in [5, 5.41) is 8.87. The fourth-order valence-corrected chi connectivity index (χ4v) is 3.87. The van der Waals surface area contributed by atoms with Gasteiger partial charge < -0.3 is 29.7 Å². The minimum absolute atomic E-state index is 0.278. The van der Waals surface area contributed by atoms with Crippen LogP contribution in [0.25, 0.3) is 0 Å². The summed E-state index contributed by atoms with van der Waals surface area (Å²) in [6, 6.07) is 8.36. The van der Waals surface area contributed by atoms with E-state index in [4.69, 9.17) is 19.2 Å². The largest absolute Gasteiger partial charge is 0.493 e. The zero-order valence-corrected chi connectivity index (χ0v) is 18.9. The van der Waals surface area contributed by atoms with Crippen molar-refractivity contribution in [3.8, 4) is 17.2 Å². The first-order valence-electron chi connectivity index (χ1n) is 9.54. The molecule has 0 aliphatic rings. The van der Waals surface area contributed by atoms with Crippen LogP contribution in [0.2, 0.25) is 0 Å². The predicted molar refractivity (Wildman–Crippen MR) is 120 cm³/mol. The summed E-state index contributed by atoms with van der Waals surface area (Å²) in [6.45, 7) is 4.08. The van der Waals surface area contributed by atoms with Gasteiger partial charge >= 0.3 is 0 Å². The van der Waals surface area contributed by atoms with E-state index >= 15 is 0 Å². The highest BCUT2D eigenvalue weighted by molar-refractivity contribution is 7.10. The molecule has 2 N–H and O–H groups in total. The first-order valence-corrected chi connectivity index (χ1v) is 10.4. The molecule has 0 aliphatic heterocycles. The van der Waals surface area contributed by atoms with Crippen LogP contribution in [0.1, 0.15) is 23.4 Å². The Morgan fingerprint density at radius 1 is 1.10 bits per heavy atom. The molecule has 1 heterocycles. The van der Waals surface area contributed by atoms with E-state index in [0.717, 1.165) is 24.6 Å². The Morgan fingerprint density at radius 2 is 1.79 bits per heavy atom. The van der Waals surface area contributed by atoms with Crippen LogP contribution >= 0.6 is 11.3 Å². The maximum atomic E-state index is 5.43. The lowest BCUT2D eigenvalue weighted by molar-refractivity contribution is 0.302. The molecule has 2 rings (SSSR count). The minimum atomic E-state index is 0.278. The van der Waals surface area contributed by atoms with E-state index in [0.29, 0.717) is 23.8 Å². The zero-order valence-electron chi connectivity index (χ0n) is 18.1. The van der Waals surface area contributed by atoms with E-state index < -0.39 is 0 Å². The van der Waals surface area contributed by atoms with Crippen LogP contribution < -0.4 is 24.8 Å². The number of likely N-dealkylation sites (N-methyl/N-ethyl adjacent to an activating group) is 1. The summed E-state index contributed by atoms with van der Waals surface area (Å²) in [7, 11) is 9.00. The third-order valence-electron chi connectivity index (χ3n) is 4.45. The van der Waals surface area contributed by atoms with Gasteiger partial charge in [0.05, 0.1) is 33.9 Å². The van der Waals surface area contributed by atoms with Crippen molar-refractivity contribution < 1.29 is 14.2 Å². The summed E-state index contributed by atoms with van der Waals surface area (Å²) in [5.74, 6) is 2.60. The first kappa shape index (κ1) is 22.8. The number of methoxy groups -OCH3 is 3. The summed E-state index contributed by atoms with van der Waals surface area (Å²) >= 11 is 1.76. The number of hydrogen-bond donors (Lipinski definition) is 2. The molecule has 0 saturated carbocycles. The second-order valence-electron chi connectivity index (χ2n) is 6.60. The number of rotatable bonds is 10. The van der Waals surface area contributed by atoms with Crippen molar-refractivity contribution in [1.82, 2.24) is 15.5 Å². The number of thiophene rings is 1. The molecular weight excluding hydrogens is 388 g/mol. The normalized spacial score (nSPS) is 12.6. The molecular formula is C21H32N4O3S. The molecule has 0 amide bonds. The molecule has 2 aromatic rings. The highest BCUT2D eigenvalue weighted by atomic mass is 32.1. The first-order chi connectivity index (χ1) is 14.0. The van der Waals surface area contributed by atoms with Crippen LogP contribution in [0.3, 0.4) is 0 Å². The summed E-state index contributed by atoms with van der Waals surface area (Å²) < 4.78 is 16.2. The van der Waals surface area contributed by atoms with E-state index in [2.05, 4.69) is 54.1 Å². The highest BCUT2D eigenvalue weighted by Gasteiger charge is 2.16. The average molecular weight is 421 g/mol. The van der Waals surface area contributed by atoms with Crippen molar-refractivity contribution in [3.63, 3.8) is 0 Å². The number of aliphatic imine (C=N–C) groups is 1. The Morgan fingerprint density at radius 3 is 2.28 bits per heavy atom. The molecule has 0 radical (unpaired) electrons. The van der Waals surface area contributed by atoms with E-state index in [1.807, 2.05) is 12.1 Å². The minimum Gasteiger partial charge on any atom is -0.493 e. The molecule has 1 aromatic carbocycles. The molecule has 0 fully saturated rings. The zero-order chi connectivity index (χ0) is 21.2. The molecule has 0 spiro atoms. The van der Waals surface area contributed by atoms with Gasteiger partial charge in [0.2, 0.25) is 5.75 Å². The Balaban J connectivity index is 2.14. The topological polar surface area (TPSA) is 67.4 Å². The van der Waals surface area contributed by atoms with Gasteiger partial charge in [-0.3, -0.25) is 0 Å². The average Bonchev–Trinajstić information content (AvgIpc) is 3.25. The SMILES string of the molecule is CCNC(=NCc1cc(OC)c(OC)c(OC)c1)NCC(c1cccs1)N(C)C. The maximum Gasteiger partial charge on any atom is 0.203 e.